The van der Waals surface area contributed by atoms with Crippen LogP contribution in [0.15, 0.2) is 36.4 Å². The molecule has 1 saturated heterocycles. The van der Waals surface area contributed by atoms with Crippen LogP contribution in [0.2, 0.25) is 0 Å². The topological polar surface area (TPSA) is 32.3 Å². The Labute approximate surface area is 151 Å². The van der Waals surface area contributed by atoms with Gasteiger partial charge in [0.2, 0.25) is 5.91 Å². The molecular weight excluding hydrogens is 341 g/mol. The summed E-state index contributed by atoms with van der Waals surface area (Å²) in [5.41, 5.74) is 2.50. The molecule has 0 unspecified atom stereocenters. The van der Waals surface area contributed by atoms with Gasteiger partial charge in [0, 0.05) is 6.54 Å². The van der Waals surface area contributed by atoms with Crippen LogP contribution in [0.3, 0.4) is 0 Å². The molecule has 1 N–H and O–H groups in total. The summed E-state index contributed by atoms with van der Waals surface area (Å²) in [4.78, 5) is 12.1. The number of aryl methyl sites for hydroxylation is 1. The SMILES string of the molecule is CCCc1c([C@H](N2CC(C)(C)C(=O)N2)C(F)(F)F)ccc2ccccc12. The monoisotopic (exact) mass is 364 g/mol. The maximum Gasteiger partial charge on any atom is 0.409 e. The summed E-state index contributed by atoms with van der Waals surface area (Å²) in [7, 11) is 0. The Bertz CT molecular complexity index is 829. The van der Waals surface area contributed by atoms with E-state index < -0.39 is 17.6 Å². The molecule has 6 heteroatoms. The maximum absolute atomic E-state index is 14.1. The Morgan fingerprint density at radius 1 is 1.19 bits per heavy atom. The van der Waals surface area contributed by atoms with Gasteiger partial charge in [-0.25, -0.2) is 5.01 Å². The molecule has 1 heterocycles. The van der Waals surface area contributed by atoms with Crippen molar-refractivity contribution in [3.8, 4) is 0 Å². The zero-order chi connectivity index (χ0) is 19.1. The van der Waals surface area contributed by atoms with Gasteiger partial charge < -0.3 is 0 Å². The van der Waals surface area contributed by atoms with E-state index in [-0.39, 0.29) is 18.0 Å². The molecule has 3 nitrogen and oxygen atoms in total. The molecule has 0 aliphatic carbocycles. The number of amides is 1. The lowest BCUT2D eigenvalue weighted by atomic mass is 9.90. The van der Waals surface area contributed by atoms with Gasteiger partial charge in [0.1, 0.15) is 6.04 Å². The Hall–Kier alpha value is -2.08. The zero-order valence-electron chi connectivity index (χ0n) is 15.2. The van der Waals surface area contributed by atoms with E-state index in [2.05, 4.69) is 5.43 Å². The van der Waals surface area contributed by atoms with Gasteiger partial charge in [-0.1, -0.05) is 49.7 Å². The predicted octanol–water partition coefficient (Wildman–Crippen LogP) is 4.77. The van der Waals surface area contributed by atoms with E-state index in [0.29, 0.717) is 12.0 Å². The van der Waals surface area contributed by atoms with E-state index in [1.54, 1.807) is 26.0 Å². The van der Waals surface area contributed by atoms with Gasteiger partial charge in [-0.05, 0) is 42.2 Å². The first-order chi connectivity index (χ1) is 12.1. The number of halogens is 3. The third-order valence-electron chi connectivity index (χ3n) is 4.92. The second-order valence-electron chi connectivity index (χ2n) is 7.50. The van der Waals surface area contributed by atoms with Crippen LogP contribution in [0.5, 0.6) is 0 Å². The fourth-order valence-electron chi connectivity index (χ4n) is 3.63. The molecule has 2 aromatic rings. The molecule has 1 fully saturated rings. The summed E-state index contributed by atoms with van der Waals surface area (Å²) < 4.78 is 42.2. The number of carbonyl (C=O) groups excluding carboxylic acids is 1. The highest BCUT2D eigenvalue weighted by Gasteiger charge is 2.51. The first-order valence-corrected chi connectivity index (χ1v) is 8.80. The van der Waals surface area contributed by atoms with E-state index >= 15 is 0 Å². The standard InChI is InChI=1S/C20H23F3N2O/c1-4-7-15-14-9-6-5-8-13(14)10-11-16(15)17(20(21,22)23)25-12-19(2,3)18(26)24-25/h5-6,8-11,17H,4,7,12H2,1-3H3,(H,24,26)/t17-/m0/s1. The number of hydrogen-bond acceptors (Lipinski definition) is 2. The molecule has 0 aromatic heterocycles. The van der Waals surface area contributed by atoms with Crippen LogP contribution in [-0.4, -0.2) is 23.6 Å². The van der Waals surface area contributed by atoms with Crippen LogP contribution in [-0.2, 0) is 11.2 Å². The summed E-state index contributed by atoms with van der Waals surface area (Å²) >= 11 is 0. The lowest BCUT2D eigenvalue weighted by molar-refractivity contribution is -0.191. The van der Waals surface area contributed by atoms with Gasteiger partial charge in [-0.15, -0.1) is 0 Å². The van der Waals surface area contributed by atoms with Crippen LogP contribution in [0.1, 0.15) is 44.4 Å². The van der Waals surface area contributed by atoms with Crippen LogP contribution in [0, 0.1) is 5.41 Å². The van der Waals surface area contributed by atoms with Crippen LogP contribution in [0.4, 0.5) is 13.2 Å². The van der Waals surface area contributed by atoms with Crippen molar-refractivity contribution in [3.63, 3.8) is 0 Å². The number of nitrogens with zero attached hydrogens (tertiary/aromatic N) is 1. The van der Waals surface area contributed by atoms with Gasteiger partial charge >= 0.3 is 6.18 Å². The first-order valence-electron chi connectivity index (χ1n) is 8.80. The minimum absolute atomic E-state index is 0.00834. The number of hydrazine groups is 1. The zero-order valence-corrected chi connectivity index (χ0v) is 15.2. The first kappa shape index (κ1) is 18.7. The van der Waals surface area contributed by atoms with Crippen LogP contribution < -0.4 is 5.43 Å². The van der Waals surface area contributed by atoms with E-state index in [4.69, 9.17) is 0 Å². The number of hydrogen-bond donors (Lipinski definition) is 1. The highest BCUT2D eigenvalue weighted by Crippen LogP contribution is 2.43. The molecule has 1 amide bonds. The molecular formula is C20H23F3N2O. The van der Waals surface area contributed by atoms with Crippen molar-refractivity contribution in [1.82, 2.24) is 10.4 Å². The minimum atomic E-state index is -4.50. The summed E-state index contributed by atoms with van der Waals surface area (Å²) in [6.07, 6.45) is -3.21. The molecule has 1 aliphatic heterocycles. The van der Waals surface area contributed by atoms with Crippen molar-refractivity contribution >= 4 is 16.7 Å². The number of benzene rings is 2. The lowest BCUT2D eigenvalue weighted by Gasteiger charge is -2.31. The number of alkyl halides is 3. The van der Waals surface area contributed by atoms with Gasteiger partial charge in [-0.2, -0.15) is 13.2 Å². The minimum Gasteiger partial charge on any atom is -0.287 e. The smallest absolute Gasteiger partial charge is 0.287 e. The molecule has 3 rings (SSSR count). The van der Waals surface area contributed by atoms with Gasteiger partial charge in [0.05, 0.1) is 5.41 Å². The van der Waals surface area contributed by atoms with E-state index in [1.165, 1.54) is 0 Å². The van der Waals surface area contributed by atoms with Crippen molar-refractivity contribution in [2.24, 2.45) is 5.41 Å². The van der Waals surface area contributed by atoms with Crippen molar-refractivity contribution in [2.75, 3.05) is 6.54 Å². The van der Waals surface area contributed by atoms with Crippen molar-refractivity contribution in [3.05, 3.63) is 47.5 Å². The normalized spacial score (nSPS) is 18.9. The summed E-state index contributed by atoms with van der Waals surface area (Å²) in [6, 6.07) is 8.91. The number of rotatable bonds is 4. The van der Waals surface area contributed by atoms with Gasteiger partial charge in [-0.3, -0.25) is 10.2 Å². The Morgan fingerprint density at radius 2 is 1.88 bits per heavy atom. The van der Waals surface area contributed by atoms with E-state index in [9.17, 15) is 18.0 Å². The Morgan fingerprint density at radius 3 is 2.46 bits per heavy atom. The second kappa shape index (κ2) is 6.58. The summed E-state index contributed by atoms with van der Waals surface area (Å²) in [6.45, 7) is 5.27. The van der Waals surface area contributed by atoms with Crippen molar-refractivity contribution < 1.29 is 18.0 Å². The number of fused-ring (bicyclic) bond motifs is 1. The molecule has 1 atom stereocenters. The van der Waals surface area contributed by atoms with Gasteiger partial charge in [0.25, 0.3) is 0 Å². The lowest BCUT2D eigenvalue weighted by Crippen LogP contribution is -2.44. The van der Waals surface area contributed by atoms with Crippen LogP contribution in [0.25, 0.3) is 10.8 Å². The molecule has 0 radical (unpaired) electrons. The summed E-state index contributed by atoms with van der Waals surface area (Å²) in [5.74, 6) is -0.385. The van der Waals surface area contributed by atoms with Crippen molar-refractivity contribution in [2.45, 2.75) is 45.8 Å². The summed E-state index contributed by atoms with van der Waals surface area (Å²) in [5, 5.41) is 2.81. The third-order valence-corrected chi connectivity index (χ3v) is 4.92. The maximum atomic E-state index is 14.1. The van der Waals surface area contributed by atoms with Crippen molar-refractivity contribution in [1.29, 1.82) is 0 Å². The highest BCUT2D eigenvalue weighted by atomic mass is 19.4. The Kier molecular flexibility index (Phi) is 4.73. The second-order valence-corrected chi connectivity index (χ2v) is 7.50. The fraction of sp³-hybridized carbons (Fsp3) is 0.450. The molecule has 1 aliphatic rings. The average molecular weight is 364 g/mol. The van der Waals surface area contributed by atoms with E-state index in [1.807, 2.05) is 31.2 Å². The molecule has 2 aromatic carbocycles. The van der Waals surface area contributed by atoms with E-state index in [0.717, 1.165) is 22.2 Å². The molecule has 140 valence electrons. The molecule has 0 bridgehead atoms. The molecule has 0 saturated carbocycles. The molecule has 26 heavy (non-hydrogen) atoms. The molecule has 0 spiro atoms. The fourth-order valence-corrected chi connectivity index (χ4v) is 3.63. The highest BCUT2D eigenvalue weighted by molar-refractivity contribution is 5.87. The third kappa shape index (κ3) is 3.30. The average Bonchev–Trinajstić information content (AvgIpc) is 2.81. The van der Waals surface area contributed by atoms with Gasteiger partial charge in [0.15, 0.2) is 0 Å². The predicted molar refractivity (Wildman–Crippen MR) is 95.4 cm³/mol. The largest absolute Gasteiger partial charge is 0.409 e. The number of carbonyl (C=O) groups is 1. The number of nitrogens with one attached hydrogen (secondary N) is 1. The van der Waals surface area contributed by atoms with Crippen LogP contribution >= 0.6 is 0 Å². The quantitative estimate of drug-likeness (QED) is 0.848. The Balaban J connectivity index is 2.16.